The number of nitrogens with zero attached hydrogens (tertiary/aromatic N) is 3. The fraction of sp³-hybridized carbons (Fsp3) is 0.278. The number of rotatable bonds is 5. The van der Waals surface area contributed by atoms with Crippen molar-refractivity contribution in [3.63, 3.8) is 0 Å². The van der Waals surface area contributed by atoms with Crippen LogP contribution in [0.2, 0.25) is 0 Å². The molecule has 1 aliphatic rings. The molecule has 1 aromatic heterocycles. The first-order chi connectivity index (χ1) is 12.1. The summed E-state index contributed by atoms with van der Waals surface area (Å²) in [6, 6.07) is 9.03. The summed E-state index contributed by atoms with van der Waals surface area (Å²) in [6.07, 6.45) is 1.37. The van der Waals surface area contributed by atoms with Gasteiger partial charge in [-0.1, -0.05) is 0 Å². The van der Waals surface area contributed by atoms with Gasteiger partial charge in [0.1, 0.15) is 17.4 Å². The topological polar surface area (TPSA) is 74.9 Å². The Morgan fingerprint density at radius 2 is 1.92 bits per heavy atom. The normalized spacial score (nSPS) is 16.2. The number of esters is 1. The van der Waals surface area contributed by atoms with Crippen LogP contribution in [-0.2, 0) is 14.3 Å². The average molecular weight is 341 g/mol. The van der Waals surface area contributed by atoms with E-state index in [2.05, 4.69) is 10.1 Å². The quantitative estimate of drug-likeness (QED) is 0.475. The molecule has 0 N–H and O–H groups in total. The fourth-order valence-electron chi connectivity index (χ4n) is 2.81. The fourth-order valence-corrected chi connectivity index (χ4v) is 2.81. The van der Waals surface area contributed by atoms with E-state index in [0.717, 1.165) is 22.7 Å². The van der Waals surface area contributed by atoms with Crippen molar-refractivity contribution in [1.29, 1.82) is 0 Å². The van der Waals surface area contributed by atoms with E-state index >= 15 is 0 Å². The average Bonchev–Trinajstić information content (AvgIpc) is 3.16. The first-order valence-corrected chi connectivity index (χ1v) is 7.69. The summed E-state index contributed by atoms with van der Waals surface area (Å²) in [5.74, 6) is 0.980. The Morgan fingerprint density at radius 3 is 2.52 bits per heavy atom. The molecule has 0 spiro atoms. The van der Waals surface area contributed by atoms with E-state index in [4.69, 9.17) is 14.2 Å². The SMILES string of the molecule is COC=C(C(=O)OC)C1C(C)=Nc2cc(-c3ccc(OC)cc3)nn21. The highest BCUT2D eigenvalue weighted by molar-refractivity contribution is 6.02. The molecule has 0 bridgehead atoms. The minimum Gasteiger partial charge on any atom is -0.504 e. The number of fused-ring (bicyclic) bond motifs is 1. The second-order valence-electron chi connectivity index (χ2n) is 5.52. The summed E-state index contributed by atoms with van der Waals surface area (Å²) in [7, 11) is 4.44. The molecule has 1 atom stereocenters. The number of carbonyl (C=O) groups excluding carboxylic acids is 1. The number of carbonyl (C=O) groups is 1. The molecule has 7 heteroatoms. The maximum Gasteiger partial charge on any atom is 0.339 e. The van der Waals surface area contributed by atoms with Gasteiger partial charge in [0.25, 0.3) is 0 Å². The number of aliphatic imine (C=N–C) groups is 1. The van der Waals surface area contributed by atoms with E-state index in [1.165, 1.54) is 20.5 Å². The molecule has 0 saturated carbocycles. The predicted molar refractivity (Wildman–Crippen MR) is 93.1 cm³/mol. The van der Waals surface area contributed by atoms with E-state index in [-0.39, 0.29) is 0 Å². The lowest BCUT2D eigenvalue weighted by molar-refractivity contribution is -0.136. The summed E-state index contributed by atoms with van der Waals surface area (Å²) >= 11 is 0. The second-order valence-corrected chi connectivity index (χ2v) is 5.52. The zero-order chi connectivity index (χ0) is 18.0. The van der Waals surface area contributed by atoms with Crippen LogP contribution >= 0.6 is 0 Å². The number of methoxy groups -OCH3 is 3. The molecule has 1 aromatic carbocycles. The van der Waals surface area contributed by atoms with Crippen LogP contribution in [0.1, 0.15) is 13.0 Å². The highest BCUT2D eigenvalue weighted by Gasteiger charge is 2.33. The largest absolute Gasteiger partial charge is 0.504 e. The van der Waals surface area contributed by atoms with Crippen LogP contribution in [-0.4, -0.2) is 42.8 Å². The lowest BCUT2D eigenvalue weighted by Crippen LogP contribution is -2.22. The van der Waals surface area contributed by atoms with E-state index < -0.39 is 12.0 Å². The van der Waals surface area contributed by atoms with Crippen molar-refractivity contribution in [2.24, 2.45) is 4.99 Å². The number of aromatic nitrogens is 2. The van der Waals surface area contributed by atoms with Gasteiger partial charge >= 0.3 is 5.97 Å². The van der Waals surface area contributed by atoms with Crippen molar-refractivity contribution in [2.75, 3.05) is 21.3 Å². The van der Waals surface area contributed by atoms with Crippen molar-refractivity contribution in [3.8, 4) is 17.0 Å². The Morgan fingerprint density at radius 1 is 1.20 bits per heavy atom. The van der Waals surface area contributed by atoms with Gasteiger partial charge < -0.3 is 14.2 Å². The molecule has 2 heterocycles. The number of ether oxygens (including phenoxy) is 3. The molecule has 1 aliphatic heterocycles. The number of hydrogen-bond acceptors (Lipinski definition) is 6. The first-order valence-electron chi connectivity index (χ1n) is 7.69. The van der Waals surface area contributed by atoms with Gasteiger partial charge in [0.15, 0.2) is 5.82 Å². The van der Waals surface area contributed by atoms with Crippen LogP contribution in [0.4, 0.5) is 5.82 Å². The summed E-state index contributed by atoms with van der Waals surface area (Å²) in [4.78, 5) is 16.6. The van der Waals surface area contributed by atoms with Crippen LogP contribution in [0.15, 0.2) is 47.2 Å². The van der Waals surface area contributed by atoms with Crippen LogP contribution in [0, 0.1) is 0 Å². The molecule has 0 amide bonds. The van der Waals surface area contributed by atoms with Gasteiger partial charge in [-0.05, 0) is 31.2 Å². The maximum absolute atomic E-state index is 12.1. The third-order valence-electron chi connectivity index (χ3n) is 3.99. The number of benzene rings is 1. The first kappa shape index (κ1) is 16.8. The van der Waals surface area contributed by atoms with Crippen LogP contribution < -0.4 is 4.74 Å². The molecule has 7 nitrogen and oxygen atoms in total. The molecular formula is C18H19N3O4. The summed E-state index contributed by atoms with van der Waals surface area (Å²) < 4.78 is 16.8. The second kappa shape index (κ2) is 6.80. The van der Waals surface area contributed by atoms with Crippen molar-refractivity contribution in [1.82, 2.24) is 9.78 Å². The zero-order valence-electron chi connectivity index (χ0n) is 14.5. The highest BCUT2D eigenvalue weighted by Crippen LogP contribution is 2.36. The van der Waals surface area contributed by atoms with Crippen molar-refractivity contribution in [3.05, 3.63) is 42.2 Å². The molecule has 3 rings (SSSR count). The monoisotopic (exact) mass is 341 g/mol. The lowest BCUT2D eigenvalue weighted by Gasteiger charge is -2.15. The Hall–Kier alpha value is -3.09. The molecule has 0 radical (unpaired) electrons. The van der Waals surface area contributed by atoms with E-state index in [0.29, 0.717) is 11.4 Å². The van der Waals surface area contributed by atoms with Gasteiger partial charge in [-0.3, -0.25) is 0 Å². The zero-order valence-corrected chi connectivity index (χ0v) is 14.5. The van der Waals surface area contributed by atoms with Gasteiger partial charge in [0, 0.05) is 17.3 Å². The Kier molecular flexibility index (Phi) is 4.56. The van der Waals surface area contributed by atoms with Crippen molar-refractivity contribution >= 4 is 17.5 Å². The standard InChI is InChI=1S/C18H19N3O4/c1-11-17(14(10-23-2)18(22)25-4)21-16(19-11)9-15(20-21)12-5-7-13(24-3)8-6-12/h5-10,17H,1-4H3. The minimum absolute atomic E-state index is 0.342. The van der Waals surface area contributed by atoms with Gasteiger partial charge in [-0.15, -0.1) is 0 Å². The molecule has 25 heavy (non-hydrogen) atoms. The van der Waals surface area contributed by atoms with Gasteiger partial charge in [0.2, 0.25) is 0 Å². The molecule has 0 fully saturated rings. The van der Waals surface area contributed by atoms with E-state index in [1.807, 2.05) is 37.3 Å². The third-order valence-corrected chi connectivity index (χ3v) is 3.99. The van der Waals surface area contributed by atoms with Gasteiger partial charge in [0.05, 0.1) is 33.3 Å². The van der Waals surface area contributed by atoms with Gasteiger partial charge in [-0.25, -0.2) is 14.5 Å². The minimum atomic E-state index is -0.476. The van der Waals surface area contributed by atoms with Crippen molar-refractivity contribution < 1.29 is 19.0 Å². The predicted octanol–water partition coefficient (Wildman–Crippen LogP) is 2.91. The molecular weight excluding hydrogens is 322 g/mol. The van der Waals surface area contributed by atoms with Gasteiger partial charge in [-0.2, -0.15) is 5.10 Å². The van der Waals surface area contributed by atoms with Crippen molar-refractivity contribution in [2.45, 2.75) is 13.0 Å². The molecule has 130 valence electrons. The maximum atomic E-state index is 12.1. The Balaban J connectivity index is 2.00. The Labute approximate surface area is 145 Å². The highest BCUT2D eigenvalue weighted by atomic mass is 16.5. The number of hydrogen-bond donors (Lipinski definition) is 0. The van der Waals surface area contributed by atoms with E-state index in [9.17, 15) is 4.79 Å². The van der Waals surface area contributed by atoms with E-state index in [1.54, 1.807) is 11.8 Å². The Bertz CT molecular complexity index is 850. The third kappa shape index (κ3) is 3.00. The molecule has 0 saturated heterocycles. The molecule has 2 aromatic rings. The summed E-state index contributed by atoms with van der Waals surface area (Å²) in [5.41, 5.74) is 2.79. The van der Waals surface area contributed by atoms with Crippen LogP contribution in [0.5, 0.6) is 5.75 Å². The molecule has 1 unspecified atom stereocenters. The summed E-state index contributed by atoms with van der Waals surface area (Å²) in [6.45, 7) is 1.85. The molecule has 0 aliphatic carbocycles. The summed E-state index contributed by atoms with van der Waals surface area (Å²) in [5, 5.41) is 4.63. The smallest absolute Gasteiger partial charge is 0.339 e. The van der Waals surface area contributed by atoms with Crippen LogP contribution in [0.25, 0.3) is 11.3 Å². The lowest BCUT2D eigenvalue weighted by atomic mass is 10.1. The van der Waals surface area contributed by atoms with Crippen LogP contribution in [0.3, 0.4) is 0 Å².